The zero-order valence-electron chi connectivity index (χ0n) is 14.9. The van der Waals surface area contributed by atoms with Gasteiger partial charge in [0.2, 0.25) is 17.7 Å². The summed E-state index contributed by atoms with van der Waals surface area (Å²) in [6.07, 6.45) is 1.67. The number of aliphatic hydroxyl groups excluding tert-OH is 2. The number of carbonyl (C=O) groups excluding carboxylic acids is 3. The van der Waals surface area contributed by atoms with E-state index in [-0.39, 0.29) is 37.9 Å². The van der Waals surface area contributed by atoms with E-state index in [0.29, 0.717) is 6.54 Å². The van der Waals surface area contributed by atoms with Gasteiger partial charge in [0.15, 0.2) is 0 Å². The van der Waals surface area contributed by atoms with Crippen molar-refractivity contribution in [3.8, 4) is 0 Å². The maximum atomic E-state index is 11.7. The molecular weight excluding hydrogens is 314 g/mol. The van der Waals surface area contributed by atoms with Crippen molar-refractivity contribution >= 4 is 17.7 Å². The Morgan fingerprint density at radius 1 is 1.00 bits per heavy atom. The number of unbranched alkanes of at least 4 members (excludes halogenated alkanes) is 2. The molecule has 5 N–H and O–H groups in total. The van der Waals surface area contributed by atoms with Crippen LogP contribution >= 0.6 is 0 Å². The second-order valence-electron chi connectivity index (χ2n) is 6.42. The van der Waals surface area contributed by atoms with Crippen LogP contribution in [-0.2, 0) is 14.4 Å². The van der Waals surface area contributed by atoms with E-state index in [1.807, 2.05) is 0 Å². The molecule has 140 valence electrons. The Kier molecular flexibility index (Phi) is 11.0. The smallest absolute Gasteiger partial charge is 0.249 e. The number of aliphatic hydroxyl groups is 2. The molecule has 8 heteroatoms. The molecule has 3 amide bonds. The van der Waals surface area contributed by atoms with Crippen LogP contribution in [0.15, 0.2) is 0 Å². The molecule has 0 bridgehead atoms. The van der Waals surface area contributed by atoms with Crippen molar-refractivity contribution < 1.29 is 24.6 Å². The zero-order valence-corrected chi connectivity index (χ0v) is 14.9. The van der Waals surface area contributed by atoms with Gasteiger partial charge in [-0.05, 0) is 6.42 Å². The molecule has 0 aliphatic rings. The van der Waals surface area contributed by atoms with Crippen LogP contribution in [0.2, 0.25) is 0 Å². The summed E-state index contributed by atoms with van der Waals surface area (Å²) in [5, 5.41) is 26.5. The van der Waals surface area contributed by atoms with Gasteiger partial charge < -0.3 is 26.2 Å². The maximum absolute atomic E-state index is 11.7. The van der Waals surface area contributed by atoms with Crippen LogP contribution in [0.4, 0.5) is 0 Å². The third-order valence-corrected chi connectivity index (χ3v) is 3.60. The molecule has 0 saturated carbocycles. The number of hydrogen-bond acceptors (Lipinski definition) is 5. The SMILES string of the molecule is CCCCCNC(=O)CNC(=O)CCNC(=O)[C@H](O)C(C)(C)CO. The summed E-state index contributed by atoms with van der Waals surface area (Å²) in [6.45, 7) is 5.39. The van der Waals surface area contributed by atoms with Gasteiger partial charge in [-0.2, -0.15) is 0 Å². The summed E-state index contributed by atoms with van der Waals surface area (Å²) in [4.78, 5) is 34.8. The topological polar surface area (TPSA) is 128 Å². The summed E-state index contributed by atoms with van der Waals surface area (Å²) in [5.41, 5.74) is -0.956. The molecule has 0 unspecified atom stereocenters. The summed E-state index contributed by atoms with van der Waals surface area (Å²) in [7, 11) is 0. The van der Waals surface area contributed by atoms with Crippen molar-refractivity contribution in [2.45, 2.75) is 52.6 Å². The van der Waals surface area contributed by atoms with E-state index in [0.717, 1.165) is 19.3 Å². The summed E-state index contributed by atoms with van der Waals surface area (Å²) >= 11 is 0. The minimum Gasteiger partial charge on any atom is -0.396 e. The Bertz CT molecular complexity index is 413. The molecule has 0 fully saturated rings. The molecule has 8 nitrogen and oxygen atoms in total. The van der Waals surface area contributed by atoms with Gasteiger partial charge in [0.05, 0.1) is 13.2 Å². The van der Waals surface area contributed by atoms with Crippen molar-refractivity contribution in [3.05, 3.63) is 0 Å². The molecule has 1 atom stereocenters. The average molecular weight is 345 g/mol. The molecule has 0 saturated heterocycles. The minimum absolute atomic E-state index is 0.00112. The van der Waals surface area contributed by atoms with Crippen LogP contribution in [0.3, 0.4) is 0 Å². The van der Waals surface area contributed by atoms with Crippen LogP contribution in [0, 0.1) is 5.41 Å². The standard InChI is InChI=1S/C16H31N3O5/c1-4-5-6-8-17-13(22)10-19-12(21)7-9-18-15(24)14(23)16(2,3)11-20/h14,20,23H,4-11H2,1-3H3,(H,17,22)(H,18,24)(H,19,21)/t14-/m0/s1. The molecule has 0 spiro atoms. The van der Waals surface area contributed by atoms with Crippen molar-refractivity contribution in [3.63, 3.8) is 0 Å². The van der Waals surface area contributed by atoms with Gasteiger partial charge >= 0.3 is 0 Å². The molecule has 0 aliphatic heterocycles. The summed E-state index contributed by atoms with van der Waals surface area (Å²) < 4.78 is 0. The lowest BCUT2D eigenvalue weighted by Gasteiger charge is -2.27. The average Bonchev–Trinajstić information content (AvgIpc) is 2.56. The fourth-order valence-corrected chi connectivity index (χ4v) is 1.77. The Labute approximate surface area is 143 Å². The van der Waals surface area contributed by atoms with Gasteiger partial charge in [-0.3, -0.25) is 14.4 Å². The first kappa shape index (κ1) is 22.3. The van der Waals surface area contributed by atoms with Crippen molar-refractivity contribution in [1.29, 1.82) is 0 Å². The molecule has 0 radical (unpaired) electrons. The van der Waals surface area contributed by atoms with E-state index in [1.54, 1.807) is 13.8 Å². The van der Waals surface area contributed by atoms with Gasteiger partial charge in [0.1, 0.15) is 6.10 Å². The predicted octanol–water partition coefficient (Wildman–Crippen LogP) is -0.705. The maximum Gasteiger partial charge on any atom is 0.249 e. The number of hydrogen-bond donors (Lipinski definition) is 5. The lowest BCUT2D eigenvalue weighted by atomic mass is 9.87. The first-order valence-electron chi connectivity index (χ1n) is 8.34. The molecular formula is C16H31N3O5. The number of nitrogens with one attached hydrogen (secondary N) is 3. The van der Waals surface area contributed by atoms with Crippen LogP contribution < -0.4 is 16.0 Å². The fourth-order valence-electron chi connectivity index (χ4n) is 1.77. The monoisotopic (exact) mass is 345 g/mol. The Morgan fingerprint density at radius 2 is 1.67 bits per heavy atom. The molecule has 0 aliphatic carbocycles. The van der Waals surface area contributed by atoms with Crippen LogP contribution in [0.5, 0.6) is 0 Å². The second-order valence-corrected chi connectivity index (χ2v) is 6.42. The zero-order chi connectivity index (χ0) is 18.6. The van der Waals surface area contributed by atoms with Crippen molar-refractivity contribution in [2.24, 2.45) is 5.41 Å². The molecule has 0 heterocycles. The Balaban J connectivity index is 3.87. The minimum atomic E-state index is -1.36. The van der Waals surface area contributed by atoms with E-state index in [9.17, 15) is 19.5 Å². The highest BCUT2D eigenvalue weighted by atomic mass is 16.3. The Morgan fingerprint density at radius 3 is 2.25 bits per heavy atom. The quantitative estimate of drug-likeness (QED) is 0.299. The first-order valence-corrected chi connectivity index (χ1v) is 8.34. The Hall–Kier alpha value is -1.67. The lowest BCUT2D eigenvalue weighted by Crippen LogP contribution is -2.46. The normalized spacial score (nSPS) is 12.4. The largest absolute Gasteiger partial charge is 0.396 e. The van der Waals surface area contributed by atoms with Gasteiger partial charge in [-0.25, -0.2) is 0 Å². The second kappa shape index (κ2) is 11.8. The van der Waals surface area contributed by atoms with Gasteiger partial charge in [-0.15, -0.1) is 0 Å². The third kappa shape index (κ3) is 9.46. The van der Waals surface area contributed by atoms with Crippen LogP contribution in [-0.4, -0.2) is 60.3 Å². The van der Waals surface area contributed by atoms with Gasteiger partial charge in [-0.1, -0.05) is 33.6 Å². The van der Waals surface area contributed by atoms with E-state index >= 15 is 0 Å². The van der Waals surface area contributed by atoms with E-state index < -0.39 is 17.4 Å². The predicted molar refractivity (Wildman–Crippen MR) is 90.0 cm³/mol. The molecule has 0 aromatic carbocycles. The summed E-state index contributed by atoms with van der Waals surface area (Å²) in [6, 6.07) is 0. The van der Waals surface area contributed by atoms with E-state index in [2.05, 4.69) is 22.9 Å². The first-order chi connectivity index (χ1) is 11.2. The number of amides is 3. The van der Waals surface area contributed by atoms with Gasteiger partial charge in [0.25, 0.3) is 0 Å². The summed E-state index contributed by atoms with van der Waals surface area (Å²) in [5.74, 6) is -1.26. The number of carbonyl (C=O) groups is 3. The van der Waals surface area contributed by atoms with E-state index in [1.165, 1.54) is 0 Å². The van der Waals surface area contributed by atoms with Crippen molar-refractivity contribution in [1.82, 2.24) is 16.0 Å². The van der Waals surface area contributed by atoms with Gasteiger partial charge in [0, 0.05) is 24.9 Å². The highest BCUT2D eigenvalue weighted by Gasteiger charge is 2.32. The molecule has 0 aromatic rings. The van der Waals surface area contributed by atoms with Crippen molar-refractivity contribution in [2.75, 3.05) is 26.2 Å². The lowest BCUT2D eigenvalue weighted by molar-refractivity contribution is -0.137. The highest BCUT2D eigenvalue weighted by Crippen LogP contribution is 2.19. The molecule has 24 heavy (non-hydrogen) atoms. The molecule has 0 rings (SSSR count). The van der Waals surface area contributed by atoms with Crippen LogP contribution in [0.25, 0.3) is 0 Å². The van der Waals surface area contributed by atoms with E-state index in [4.69, 9.17) is 5.11 Å². The fraction of sp³-hybridized carbons (Fsp3) is 0.812. The molecule has 0 aromatic heterocycles. The highest BCUT2D eigenvalue weighted by molar-refractivity contribution is 5.85. The number of rotatable bonds is 12. The third-order valence-electron chi connectivity index (χ3n) is 3.60. The van der Waals surface area contributed by atoms with Crippen LogP contribution in [0.1, 0.15) is 46.5 Å².